The second-order valence-corrected chi connectivity index (χ2v) is 5.25. The topological polar surface area (TPSA) is 42.4 Å². The third kappa shape index (κ3) is 3.10. The average molecular weight is 305 g/mol. The van der Waals surface area contributed by atoms with Crippen molar-refractivity contribution in [3.8, 4) is 28.1 Å². The van der Waals surface area contributed by atoms with Gasteiger partial charge in [-0.05, 0) is 28.7 Å². The molecule has 116 valence electrons. The highest BCUT2D eigenvalue weighted by Crippen LogP contribution is 2.40. The minimum absolute atomic E-state index is 0.0854. The first-order chi connectivity index (χ1) is 11.3. The number of aromatic nitrogens is 1. The Hall–Kier alpha value is -2.65. The number of hydrogen-bond acceptors (Lipinski definition) is 3. The van der Waals surface area contributed by atoms with Gasteiger partial charge in [0.1, 0.15) is 0 Å². The largest absolute Gasteiger partial charge is 0.481 e. The van der Waals surface area contributed by atoms with Crippen LogP contribution < -0.4 is 4.74 Å². The van der Waals surface area contributed by atoms with E-state index < -0.39 is 0 Å². The van der Waals surface area contributed by atoms with Gasteiger partial charge in [-0.1, -0.05) is 60.7 Å². The summed E-state index contributed by atoms with van der Waals surface area (Å²) in [6.07, 6.45) is 2.35. The van der Waals surface area contributed by atoms with Gasteiger partial charge in [0.15, 0.2) is 0 Å². The van der Waals surface area contributed by atoms with Crippen molar-refractivity contribution in [2.24, 2.45) is 0 Å². The first-order valence-corrected chi connectivity index (χ1v) is 7.62. The van der Waals surface area contributed by atoms with E-state index in [0.29, 0.717) is 12.3 Å². The van der Waals surface area contributed by atoms with Crippen molar-refractivity contribution in [1.29, 1.82) is 0 Å². The van der Waals surface area contributed by atoms with Gasteiger partial charge in [0.2, 0.25) is 5.88 Å². The summed E-state index contributed by atoms with van der Waals surface area (Å²) < 4.78 is 5.52. The summed E-state index contributed by atoms with van der Waals surface area (Å²) in [6.45, 7) is 0.0854. The Bertz CT molecular complexity index is 770. The number of aliphatic hydroxyl groups is 1. The molecular weight excluding hydrogens is 286 g/mol. The molecule has 0 radical (unpaired) electrons. The standard InChI is InChI=1S/C20H19NO2/c1-23-20-19(16-10-6-3-7-11-16)18(15-8-4-2-5-9-15)17(12-13-22)14-21-20/h2-11,14,22H,12-13H2,1H3. The molecular formula is C20H19NO2. The lowest BCUT2D eigenvalue weighted by Crippen LogP contribution is -2.01. The van der Waals surface area contributed by atoms with Crippen LogP contribution in [0.5, 0.6) is 5.88 Å². The zero-order chi connectivity index (χ0) is 16.1. The van der Waals surface area contributed by atoms with Gasteiger partial charge >= 0.3 is 0 Å². The average Bonchev–Trinajstić information content (AvgIpc) is 2.63. The number of hydrogen-bond donors (Lipinski definition) is 1. The number of aliphatic hydroxyl groups excluding tert-OH is 1. The maximum absolute atomic E-state index is 9.42. The van der Waals surface area contributed by atoms with Gasteiger partial charge in [-0.3, -0.25) is 0 Å². The van der Waals surface area contributed by atoms with E-state index >= 15 is 0 Å². The Morgan fingerprint density at radius 2 is 1.43 bits per heavy atom. The van der Waals surface area contributed by atoms with Crippen molar-refractivity contribution in [2.45, 2.75) is 6.42 Å². The maximum atomic E-state index is 9.42. The summed E-state index contributed by atoms with van der Waals surface area (Å²) in [5, 5.41) is 9.42. The zero-order valence-corrected chi connectivity index (χ0v) is 13.1. The lowest BCUT2D eigenvalue weighted by atomic mass is 9.91. The fraction of sp³-hybridized carbons (Fsp3) is 0.150. The first-order valence-electron chi connectivity index (χ1n) is 7.62. The molecule has 3 heteroatoms. The number of nitrogens with zero attached hydrogens (tertiary/aromatic N) is 1. The molecule has 1 N–H and O–H groups in total. The molecule has 0 amide bonds. The van der Waals surface area contributed by atoms with Crippen molar-refractivity contribution in [2.75, 3.05) is 13.7 Å². The highest BCUT2D eigenvalue weighted by molar-refractivity contribution is 5.88. The molecule has 23 heavy (non-hydrogen) atoms. The molecule has 0 saturated heterocycles. The highest BCUT2D eigenvalue weighted by Gasteiger charge is 2.18. The molecule has 3 aromatic rings. The van der Waals surface area contributed by atoms with Crippen molar-refractivity contribution in [3.63, 3.8) is 0 Å². The Kier molecular flexibility index (Phi) is 4.69. The molecule has 0 aliphatic rings. The molecule has 0 fully saturated rings. The van der Waals surface area contributed by atoms with E-state index in [1.165, 1.54) is 0 Å². The summed E-state index contributed by atoms with van der Waals surface area (Å²) in [4.78, 5) is 4.44. The van der Waals surface area contributed by atoms with Gasteiger partial charge in [0.25, 0.3) is 0 Å². The fourth-order valence-electron chi connectivity index (χ4n) is 2.81. The van der Waals surface area contributed by atoms with Crippen LogP contribution in [-0.4, -0.2) is 23.8 Å². The van der Waals surface area contributed by atoms with Crippen molar-refractivity contribution in [3.05, 3.63) is 72.4 Å². The van der Waals surface area contributed by atoms with Crippen molar-refractivity contribution in [1.82, 2.24) is 4.98 Å². The second-order valence-electron chi connectivity index (χ2n) is 5.25. The predicted molar refractivity (Wildman–Crippen MR) is 92.5 cm³/mol. The smallest absolute Gasteiger partial charge is 0.221 e. The molecule has 3 rings (SSSR count). The van der Waals surface area contributed by atoms with Crippen LogP contribution in [0.1, 0.15) is 5.56 Å². The van der Waals surface area contributed by atoms with E-state index in [-0.39, 0.29) is 6.61 Å². The number of methoxy groups -OCH3 is 1. The summed E-state index contributed by atoms with van der Waals surface area (Å²) in [7, 11) is 1.63. The molecule has 1 heterocycles. The third-order valence-electron chi connectivity index (χ3n) is 3.82. The number of rotatable bonds is 5. The van der Waals surface area contributed by atoms with E-state index in [0.717, 1.165) is 27.8 Å². The molecule has 2 aromatic carbocycles. The summed E-state index contributed by atoms with van der Waals surface area (Å²) in [5.41, 5.74) is 5.19. The van der Waals surface area contributed by atoms with Gasteiger partial charge in [-0.15, -0.1) is 0 Å². The fourth-order valence-corrected chi connectivity index (χ4v) is 2.81. The third-order valence-corrected chi connectivity index (χ3v) is 3.82. The van der Waals surface area contributed by atoms with E-state index in [4.69, 9.17) is 4.74 Å². The molecule has 0 spiro atoms. The Morgan fingerprint density at radius 3 is 1.96 bits per heavy atom. The Morgan fingerprint density at radius 1 is 0.870 bits per heavy atom. The van der Waals surface area contributed by atoms with Gasteiger partial charge < -0.3 is 9.84 Å². The predicted octanol–water partition coefficient (Wildman–Crippen LogP) is 3.96. The van der Waals surface area contributed by atoms with Crippen LogP contribution in [0.25, 0.3) is 22.3 Å². The SMILES string of the molecule is COc1ncc(CCO)c(-c2ccccc2)c1-c1ccccc1. The normalized spacial score (nSPS) is 10.5. The van der Waals surface area contributed by atoms with Crippen LogP contribution in [0, 0.1) is 0 Å². The van der Waals surface area contributed by atoms with Gasteiger partial charge in [-0.2, -0.15) is 0 Å². The molecule has 0 aliphatic carbocycles. The van der Waals surface area contributed by atoms with Crippen LogP contribution in [-0.2, 0) is 6.42 Å². The minimum atomic E-state index is 0.0854. The van der Waals surface area contributed by atoms with Crippen LogP contribution in [0.15, 0.2) is 66.9 Å². The zero-order valence-electron chi connectivity index (χ0n) is 13.1. The van der Waals surface area contributed by atoms with E-state index in [2.05, 4.69) is 29.2 Å². The van der Waals surface area contributed by atoms with Crippen LogP contribution in [0.3, 0.4) is 0 Å². The number of pyridine rings is 1. The molecule has 0 saturated carbocycles. The highest BCUT2D eigenvalue weighted by atomic mass is 16.5. The molecule has 0 unspecified atom stereocenters. The van der Waals surface area contributed by atoms with Crippen molar-refractivity contribution >= 4 is 0 Å². The van der Waals surface area contributed by atoms with Crippen molar-refractivity contribution < 1.29 is 9.84 Å². The van der Waals surface area contributed by atoms with E-state index in [1.807, 2.05) is 36.4 Å². The second kappa shape index (κ2) is 7.07. The Labute approximate surface area is 136 Å². The summed E-state index contributed by atoms with van der Waals surface area (Å²) >= 11 is 0. The molecule has 0 aliphatic heterocycles. The lowest BCUT2D eigenvalue weighted by Gasteiger charge is -2.17. The van der Waals surface area contributed by atoms with Crippen LogP contribution >= 0.6 is 0 Å². The molecule has 0 atom stereocenters. The van der Waals surface area contributed by atoms with Gasteiger partial charge in [0, 0.05) is 12.8 Å². The number of benzene rings is 2. The first kappa shape index (κ1) is 15.3. The molecule has 1 aromatic heterocycles. The quantitative estimate of drug-likeness (QED) is 0.776. The lowest BCUT2D eigenvalue weighted by molar-refractivity contribution is 0.299. The molecule has 3 nitrogen and oxygen atoms in total. The van der Waals surface area contributed by atoms with E-state index in [9.17, 15) is 5.11 Å². The molecule has 0 bridgehead atoms. The summed E-state index contributed by atoms with van der Waals surface area (Å²) in [6, 6.07) is 20.3. The summed E-state index contributed by atoms with van der Waals surface area (Å²) in [5.74, 6) is 0.594. The Balaban J connectivity index is 2.32. The van der Waals surface area contributed by atoms with Crippen LogP contribution in [0.2, 0.25) is 0 Å². The van der Waals surface area contributed by atoms with E-state index in [1.54, 1.807) is 13.3 Å². The minimum Gasteiger partial charge on any atom is -0.481 e. The number of ether oxygens (including phenoxy) is 1. The van der Waals surface area contributed by atoms with Gasteiger partial charge in [0.05, 0.1) is 12.7 Å². The van der Waals surface area contributed by atoms with Gasteiger partial charge in [-0.25, -0.2) is 4.98 Å². The van der Waals surface area contributed by atoms with Crippen LogP contribution in [0.4, 0.5) is 0 Å². The maximum Gasteiger partial charge on any atom is 0.221 e. The monoisotopic (exact) mass is 305 g/mol.